The van der Waals surface area contributed by atoms with E-state index in [-0.39, 0.29) is 21.4 Å². The van der Waals surface area contributed by atoms with E-state index in [9.17, 15) is 13.2 Å². The molecule has 0 radical (unpaired) electrons. The molecule has 0 aliphatic heterocycles. The summed E-state index contributed by atoms with van der Waals surface area (Å²) in [7, 11) is -3.46. The second kappa shape index (κ2) is 9.12. The molecule has 1 N–H and O–H groups in total. The summed E-state index contributed by atoms with van der Waals surface area (Å²) in [6.07, 6.45) is 3.90. The molecule has 22 heavy (non-hydrogen) atoms. The van der Waals surface area contributed by atoms with Crippen LogP contribution in [0.3, 0.4) is 0 Å². The normalized spacial score (nSPS) is 11.4. The zero-order chi connectivity index (χ0) is 16.6. The molecule has 0 fully saturated rings. The van der Waals surface area contributed by atoms with Gasteiger partial charge >= 0.3 is 0 Å². The Balaban J connectivity index is 2.50. The Labute approximate surface area is 136 Å². The van der Waals surface area contributed by atoms with E-state index < -0.39 is 9.84 Å². The zero-order valence-corrected chi connectivity index (χ0v) is 14.5. The fourth-order valence-corrected chi connectivity index (χ4v) is 3.06. The standard InChI is InChI=1S/C15H22ClNO4S/c1-3-4-9-21-10-5-8-17-15(18)12-6-7-13(16)14(11-12)22(2,19)20/h6-7,11H,3-5,8-10H2,1-2H3,(H,17,18). The molecule has 0 heterocycles. The summed E-state index contributed by atoms with van der Waals surface area (Å²) >= 11 is 5.85. The molecule has 0 saturated heterocycles. The lowest BCUT2D eigenvalue weighted by Gasteiger charge is -2.08. The number of hydrogen-bond acceptors (Lipinski definition) is 4. The lowest BCUT2D eigenvalue weighted by Crippen LogP contribution is -2.25. The minimum absolute atomic E-state index is 0.0373. The van der Waals surface area contributed by atoms with Crippen LogP contribution in [0.2, 0.25) is 5.02 Å². The van der Waals surface area contributed by atoms with Crippen molar-refractivity contribution in [2.45, 2.75) is 31.1 Å². The van der Waals surface area contributed by atoms with Gasteiger partial charge < -0.3 is 10.1 Å². The van der Waals surface area contributed by atoms with Crippen LogP contribution in [0.15, 0.2) is 23.1 Å². The molecule has 1 aromatic carbocycles. The highest BCUT2D eigenvalue weighted by Gasteiger charge is 2.15. The summed E-state index contributed by atoms with van der Waals surface area (Å²) in [6.45, 7) is 3.90. The molecule has 0 bridgehead atoms. The fourth-order valence-electron chi connectivity index (χ4n) is 1.76. The van der Waals surface area contributed by atoms with Crippen molar-refractivity contribution in [3.05, 3.63) is 28.8 Å². The lowest BCUT2D eigenvalue weighted by atomic mass is 10.2. The molecule has 0 aliphatic carbocycles. The molecule has 0 aromatic heterocycles. The number of nitrogens with one attached hydrogen (secondary N) is 1. The molecule has 1 amide bonds. The second-order valence-electron chi connectivity index (χ2n) is 4.99. The molecule has 5 nitrogen and oxygen atoms in total. The first-order chi connectivity index (χ1) is 10.4. The van der Waals surface area contributed by atoms with Crippen LogP contribution in [0, 0.1) is 0 Å². The van der Waals surface area contributed by atoms with Crippen LogP contribution in [-0.4, -0.2) is 40.3 Å². The lowest BCUT2D eigenvalue weighted by molar-refractivity contribution is 0.0940. The number of halogens is 1. The average Bonchev–Trinajstić information content (AvgIpc) is 2.45. The second-order valence-corrected chi connectivity index (χ2v) is 7.38. The third-order valence-corrected chi connectivity index (χ3v) is 4.56. The monoisotopic (exact) mass is 347 g/mol. The van der Waals surface area contributed by atoms with Crippen LogP contribution in [0.25, 0.3) is 0 Å². The SMILES string of the molecule is CCCCOCCCNC(=O)c1ccc(Cl)c(S(C)(=O)=O)c1. The predicted octanol–water partition coefficient (Wildman–Crippen LogP) is 2.68. The summed E-state index contributed by atoms with van der Waals surface area (Å²) in [5, 5.41) is 2.85. The van der Waals surface area contributed by atoms with Crippen molar-refractivity contribution in [1.82, 2.24) is 5.32 Å². The van der Waals surface area contributed by atoms with Crippen LogP contribution < -0.4 is 5.32 Å². The Morgan fingerprint density at radius 2 is 1.95 bits per heavy atom. The van der Waals surface area contributed by atoms with Crippen LogP contribution in [0.4, 0.5) is 0 Å². The Morgan fingerprint density at radius 3 is 2.59 bits per heavy atom. The van der Waals surface area contributed by atoms with E-state index in [1.165, 1.54) is 18.2 Å². The van der Waals surface area contributed by atoms with Gasteiger partial charge in [-0.25, -0.2) is 8.42 Å². The number of benzene rings is 1. The van der Waals surface area contributed by atoms with E-state index >= 15 is 0 Å². The number of carbonyl (C=O) groups excluding carboxylic acids is 1. The van der Waals surface area contributed by atoms with Crippen molar-refractivity contribution in [3.8, 4) is 0 Å². The third kappa shape index (κ3) is 6.34. The number of sulfone groups is 1. The molecule has 1 aromatic rings. The maximum atomic E-state index is 12.0. The average molecular weight is 348 g/mol. The Kier molecular flexibility index (Phi) is 7.85. The minimum Gasteiger partial charge on any atom is -0.381 e. The van der Waals surface area contributed by atoms with E-state index in [2.05, 4.69) is 12.2 Å². The van der Waals surface area contributed by atoms with Gasteiger partial charge in [-0.1, -0.05) is 24.9 Å². The van der Waals surface area contributed by atoms with E-state index in [0.717, 1.165) is 25.7 Å². The number of unbranched alkanes of at least 4 members (excludes halogenated alkanes) is 1. The molecule has 0 atom stereocenters. The van der Waals surface area contributed by atoms with Gasteiger partial charge in [0.05, 0.1) is 9.92 Å². The van der Waals surface area contributed by atoms with Gasteiger partial charge in [0.2, 0.25) is 0 Å². The Bertz CT molecular complexity index is 602. The molecule has 0 spiro atoms. The Morgan fingerprint density at radius 1 is 1.27 bits per heavy atom. The smallest absolute Gasteiger partial charge is 0.251 e. The van der Waals surface area contributed by atoms with E-state index in [1.807, 2.05) is 0 Å². The van der Waals surface area contributed by atoms with E-state index in [4.69, 9.17) is 16.3 Å². The summed E-state index contributed by atoms with van der Waals surface area (Å²) in [5.74, 6) is -0.324. The first-order valence-corrected chi connectivity index (χ1v) is 9.48. The van der Waals surface area contributed by atoms with Gasteiger partial charge in [-0.2, -0.15) is 0 Å². The van der Waals surface area contributed by atoms with Crippen molar-refractivity contribution < 1.29 is 17.9 Å². The number of hydrogen-bond donors (Lipinski definition) is 1. The van der Waals surface area contributed by atoms with E-state index in [1.54, 1.807) is 0 Å². The molecular weight excluding hydrogens is 326 g/mol. The number of ether oxygens (including phenoxy) is 1. The van der Waals surface area contributed by atoms with Gasteiger partial charge in [0.25, 0.3) is 5.91 Å². The minimum atomic E-state index is -3.46. The van der Waals surface area contributed by atoms with Gasteiger partial charge in [0, 0.05) is 31.6 Å². The topological polar surface area (TPSA) is 72.5 Å². The molecule has 1 rings (SSSR count). The highest BCUT2D eigenvalue weighted by Crippen LogP contribution is 2.22. The molecule has 0 aliphatic rings. The summed E-state index contributed by atoms with van der Waals surface area (Å²) < 4.78 is 28.6. The quantitative estimate of drug-likeness (QED) is 0.697. The van der Waals surface area contributed by atoms with Gasteiger partial charge in [-0.15, -0.1) is 0 Å². The fraction of sp³-hybridized carbons (Fsp3) is 0.533. The Hall–Kier alpha value is -1.11. The van der Waals surface area contributed by atoms with Crippen LogP contribution in [-0.2, 0) is 14.6 Å². The van der Waals surface area contributed by atoms with Crippen molar-refractivity contribution in [3.63, 3.8) is 0 Å². The summed E-state index contributed by atoms with van der Waals surface area (Å²) in [5.41, 5.74) is 0.275. The van der Waals surface area contributed by atoms with Crippen molar-refractivity contribution in [1.29, 1.82) is 0 Å². The molecule has 0 saturated carbocycles. The van der Waals surface area contributed by atoms with Crippen LogP contribution >= 0.6 is 11.6 Å². The van der Waals surface area contributed by atoms with Crippen molar-refractivity contribution in [2.24, 2.45) is 0 Å². The maximum absolute atomic E-state index is 12.0. The first kappa shape index (κ1) is 18.9. The van der Waals surface area contributed by atoms with Gasteiger partial charge in [-0.05, 0) is 31.0 Å². The number of amides is 1. The van der Waals surface area contributed by atoms with Crippen LogP contribution in [0.5, 0.6) is 0 Å². The summed E-state index contributed by atoms with van der Waals surface area (Å²) in [4.78, 5) is 11.9. The number of rotatable bonds is 9. The zero-order valence-electron chi connectivity index (χ0n) is 12.9. The maximum Gasteiger partial charge on any atom is 0.251 e. The number of carbonyl (C=O) groups is 1. The molecule has 124 valence electrons. The molecular formula is C15H22ClNO4S. The largest absolute Gasteiger partial charge is 0.381 e. The van der Waals surface area contributed by atoms with Crippen LogP contribution in [0.1, 0.15) is 36.5 Å². The first-order valence-electron chi connectivity index (χ1n) is 7.21. The van der Waals surface area contributed by atoms with Crippen molar-refractivity contribution in [2.75, 3.05) is 26.0 Å². The van der Waals surface area contributed by atoms with Gasteiger partial charge in [0.15, 0.2) is 9.84 Å². The van der Waals surface area contributed by atoms with Gasteiger partial charge in [0.1, 0.15) is 0 Å². The van der Waals surface area contributed by atoms with Crippen molar-refractivity contribution >= 4 is 27.3 Å². The predicted molar refractivity (Wildman–Crippen MR) is 87.2 cm³/mol. The van der Waals surface area contributed by atoms with E-state index in [0.29, 0.717) is 19.6 Å². The highest BCUT2D eigenvalue weighted by atomic mass is 35.5. The summed E-state index contributed by atoms with van der Waals surface area (Å²) in [6, 6.07) is 4.22. The molecule has 7 heteroatoms. The molecule has 0 unspecified atom stereocenters. The highest BCUT2D eigenvalue weighted by molar-refractivity contribution is 7.90. The van der Waals surface area contributed by atoms with Gasteiger partial charge in [-0.3, -0.25) is 4.79 Å². The third-order valence-electron chi connectivity index (χ3n) is 2.99.